The molecule has 2 nitrogen and oxygen atoms in total. The number of rotatable bonds is 2. The van der Waals surface area contributed by atoms with Gasteiger partial charge in [0.15, 0.2) is 0 Å². The van der Waals surface area contributed by atoms with Crippen LogP contribution in [0.4, 0.5) is 0 Å². The van der Waals surface area contributed by atoms with Crippen LogP contribution in [-0.4, -0.2) is 10.1 Å². The zero-order chi connectivity index (χ0) is 13.4. The molecular formula is C15H13BrClNO. The van der Waals surface area contributed by atoms with E-state index in [1.54, 1.807) is 12.3 Å². The minimum Gasteiger partial charge on any atom is -0.388 e. The van der Waals surface area contributed by atoms with Crippen LogP contribution in [0.5, 0.6) is 0 Å². The van der Waals surface area contributed by atoms with Gasteiger partial charge in [-0.15, -0.1) is 0 Å². The Bertz CT molecular complexity index is 617. The van der Waals surface area contributed by atoms with Gasteiger partial charge < -0.3 is 5.11 Å². The van der Waals surface area contributed by atoms with Gasteiger partial charge in [0.2, 0.25) is 0 Å². The Hall–Kier alpha value is -0.900. The van der Waals surface area contributed by atoms with E-state index in [2.05, 4.69) is 27.0 Å². The molecule has 1 aliphatic carbocycles. The van der Waals surface area contributed by atoms with E-state index in [9.17, 15) is 5.11 Å². The predicted molar refractivity (Wildman–Crippen MR) is 79.4 cm³/mol. The highest BCUT2D eigenvalue weighted by Crippen LogP contribution is 2.42. The molecule has 1 heterocycles. The summed E-state index contributed by atoms with van der Waals surface area (Å²) in [4.78, 5) is 4.42. The number of pyridine rings is 1. The van der Waals surface area contributed by atoms with E-state index >= 15 is 0 Å². The summed E-state index contributed by atoms with van der Waals surface area (Å²) in [6.45, 7) is 0. The third kappa shape index (κ3) is 2.42. The number of hydrogen-bond donors (Lipinski definition) is 1. The number of halogens is 2. The first kappa shape index (κ1) is 13.1. The minimum absolute atomic E-state index is 0.0306. The van der Waals surface area contributed by atoms with Gasteiger partial charge in [0, 0.05) is 32.9 Å². The monoisotopic (exact) mass is 337 g/mol. The van der Waals surface area contributed by atoms with Crippen molar-refractivity contribution in [1.82, 2.24) is 4.98 Å². The molecule has 3 rings (SSSR count). The highest BCUT2D eigenvalue weighted by atomic mass is 79.9. The molecule has 1 aromatic carbocycles. The molecule has 1 N–H and O–H groups in total. The van der Waals surface area contributed by atoms with E-state index in [0.717, 1.165) is 28.6 Å². The highest BCUT2D eigenvalue weighted by molar-refractivity contribution is 9.10. The van der Waals surface area contributed by atoms with Crippen molar-refractivity contribution >= 4 is 27.5 Å². The highest BCUT2D eigenvalue weighted by Gasteiger charge is 2.31. The summed E-state index contributed by atoms with van der Waals surface area (Å²) in [5.74, 6) is 0.0306. The van der Waals surface area contributed by atoms with E-state index in [0.29, 0.717) is 5.02 Å². The van der Waals surface area contributed by atoms with Crippen molar-refractivity contribution in [3.63, 3.8) is 0 Å². The Morgan fingerprint density at radius 2 is 2.21 bits per heavy atom. The maximum atomic E-state index is 10.6. The second-order valence-corrected chi connectivity index (χ2v) is 6.13. The van der Waals surface area contributed by atoms with Gasteiger partial charge in [-0.1, -0.05) is 33.6 Å². The number of aliphatic hydroxyl groups is 1. The molecule has 1 aromatic heterocycles. The first-order chi connectivity index (χ1) is 9.16. The lowest BCUT2D eigenvalue weighted by molar-refractivity contribution is 0.143. The molecule has 0 amide bonds. The topological polar surface area (TPSA) is 33.1 Å². The molecular weight excluding hydrogens is 326 g/mol. The first-order valence-corrected chi connectivity index (χ1v) is 7.40. The predicted octanol–water partition coefficient (Wildman–Crippen LogP) is 4.26. The number of aliphatic hydroxyl groups excluding tert-OH is 1. The molecule has 0 aliphatic heterocycles. The number of hydrogen-bond acceptors (Lipinski definition) is 2. The van der Waals surface area contributed by atoms with Crippen LogP contribution in [0.3, 0.4) is 0 Å². The zero-order valence-electron chi connectivity index (χ0n) is 10.2. The third-order valence-corrected chi connectivity index (χ3v) is 4.50. The van der Waals surface area contributed by atoms with Gasteiger partial charge in [0.1, 0.15) is 0 Å². The van der Waals surface area contributed by atoms with Crippen molar-refractivity contribution in [2.45, 2.75) is 24.9 Å². The number of nitrogens with zero attached hydrogens (tertiary/aromatic N) is 1. The van der Waals surface area contributed by atoms with Crippen LogP contribution >= 0.6 is 27.5 Å². The molecule has 0 saturated heterocycles. The summed E-state index contributed by atoms with van der Waals surface area (Å²) in [6.07, 6.45) is 3.06. The van der Waals surface area contributed by atoms with Crippen molar-refractivity contribution < 1.29 is 5.11 Å². The lowest BCUT2D eigenvalue weighted by atomic mass is 9.93. The van der Waals surface area contributed by atoms with Gasteiger partial charge in [-0.2, -0.15) is 0 Å². The normalized spacial score (nSPS) is 19.2. The fraction of sp³-hybridized carbons (Fsp3) is 0.267. The average molecular weight is 339 g/mol. The largest absolute Gasteiger partial charge is 0.388 e. The standard InChI is InChI=1S/C15H13BrClNO/c16-10-4-6-13(17)12(8-10)15(19)11-5-3-9-2-1-7-18-14(9)11/h1-2,4,6-8,11,15,19H,3,5H2. The molecule has 0 spiro atoms. The summed E-state index contributed by atoms with van der Waals surface area (Å²) in [5.41, 5.74) is 3.00. The van der Waals surface area contributed by atoms with E-state index in [-0.39, 0.29) is 5.92 Å². The number of fused-ring (bicyclic) bond motifs is 1. The van der Waals surface area contributed by atoms with Crippen LogP contribution < -0.4 is 0 Å². The van der Waals surface area contributed by atoms with Gasteiger partial charge >= 0.3 is 0 Å². The van der Waals surface area contributed by atoms with Gasteiger partial charge in [0.05, 0.1) is 6.10 Å². The van der Waals surface area contributed by atoms with E-state index < -0.39 is 6.10 Å². The molecule has 19 heavy (non-hydrogen) atoms. The molecule has 0 saturated carbocycles. The first-order valence-electron chi connectivity index (χ1n) is 6.23. The lowest BCUT2D eigenvalue weighted by Crippen LogP contribution is -2.10. The van der Waals surface area contributed by atoms with Crippen molar-refractivity contribution in [2.24, 2.45) is 0 Å². The smallest absolute Gasteiger partial charge is 0.0888 e. The Morgan fingerprint density at radius 3 is 3.05 bits per heavy atom. The molecule has 0 fully saturated rings. The molecule has 0 bridgehead atoms. The van der Waals surface area contributed by atoms with Gasteiger partial charge in [0.25, 0.3) is 0 Å². The maximum absolute atomic E-state index is 10.6. The Balaban J connectivity index is 1.97. The lowest BCUT2D eigenvalue weighted by Gasteiger charge is -2.20. The van der Waals surface area contributed by atoms with Gasteiger partial charge in [-0.05, 0) is 42.7 Å². The zero-order valence-corrected chi connectivity index (χ0v) is 12.5. The molecule has 0 radical (unpaired) electrons. The fourth-order valence-corrected chi connectivity index (χ4v) is 3.32. The average Bonchev–Trinajstić information content (AvgIpc) is 2.84. The molecule has 98 valence electrons. The molecule has 2 atom stereocenters. The summed E-state index contributed by atoms with van der Waals surface area (Å²) in [5, 5.41) is 11.2. The van der Waals surface area contributed by atoms with Crippen molar-refractivity contribution in [2.75, 3.05) is 0 Å². The van der Waals surface area contributed by atoms with Crippen LogP contribution in [0.25, 0.3) is 0 Å². The van der Waals surface area contributed by atoms with Crippen LogP contribution in [0, 0.1) is 0 Å². The van der Waals surface area contributed by atoms with Crippen LogP contribution in [0.2, 0.25) is 5.02 Å². The quantitative estimate of drug-likeness (QED) is 0.887. The maximum Gasteiger partial charge on any atom is 0.0888 e. The minimum atomic E-state index is -0.610. The summed E-state index contributed by atoms with van der Waals surface area (Å²) in [6, 6.07) is 9.59. The summed E-state index contributed by atoms with van der Waals surface area (Å²) >= 11 is 9.61. The van der Waals surface area contributed by atoms with Crippen LogP contribution in [0.1, 0.15) is 35.3 Å². The summed E-state index contributed by atoms with van der Waals surface area (Å²) in [7, 11) is 0. The molecule has 1 aliphatic rings. The second-order valence-electron chi connectivity index (χ2n) is 4.80. The second kappa shape index (κ2) is 5.23. The molecule has 4 heteroatoms. The van der Waals surface area contributed by atoms with E-state index in [1.807, 2.05) is 18.2 Å². The summed E-state index contributed by atoms with van der Waals surface area (Å²) < 4.78 is 0.921. The molecule has 2 aromatic rings. The van der Waals surface area contributed by atoms with Crippen LogP contribution in [0.15, 0.2) is 41.0 Å². The third-order valence-electron chi connectivity index (χ3n) is 3.66. The fourth-order valence-electron chi connectivity index (χ4n) is 2.71. The molecule has 2 unspecified atom stereocenters. The number of aromatic nitrogens is 1. The van der Waals surface area contributed by atoms with Gasteiger partial charge in [-0.3, -0.25) is 4.98 Å². The number of benzene rings is 1. The van der Waals surface area contributed by atoms with E-state index in [4.69, 9.17) is 11.6 Å². The van der Waals surface area contributed by atoms with E-state index in [1.165, 1.54) is 5.56 Å². The SMILES string of the molecule is OC(c1cc(Br)ccc1Cl)C1CCc2cccnc21. The Labute approximate surface area is 125 Å². The van der Waals surface area contributed by atoms with Crippen molar-refractivity contribution in [3.05, 3.63) is 62.8 Å². The number of aryl methyl sites for hydroxylation is 1. The van der Waals surface area contributed by atoms with Crippen molar-refractivity contribution in [1.29, 1.82) is 0 Å². The van der Waals surface area contributed by atoms with Gasteiger partial charge in [-0.25, -0.2) is 0 Å². The van der Waals surface area contributed by atoms with Crippen molar-refractivity contribution in [3.8, 4) is 0 Å². The Morgan fingerprint density at radius 1 is 1.37 bits per heavy atom. The Kier molecular flexibility index (Phi) is 3.61. The van der Waals surface area contributed by atoms with Crippen LogP contribution in [-0.2, 0) is 6.42 Å².